The van der Waals surface area contributed by atoms with Gasteiger partial charge in [0.1, 0.15) is 0 Å². The number of carbonyl (C=O) groups is 1. The van der Waals surface area contributed by atoms with Crippen LogP contribution in [0, 0.1) is 5.92 Å². The van der Waals surface area contributed by atoms with Gasteiger partial charge in [-0.2, -0.15) is 0 Å². The lowest BCUT2D eigenvalue weighted by atomic mass is 10.0. The molecule has 4 rings (SSSR count). The number of amides is 1. The van der Waals surface area contributed by atoms with Crippen LogP contribution >= 0.6 is 0 Å². The third-order valence-corrected chi connectivity index (χ3v) is 5.30. The molecule has 2 aliphatic rings. The van der Waals surface area contributed by atoms with Crippen LogP contribution in [0.4, 0.5) is 0 Å². The molecule has 1 aromatic carbocycles. The smallest absolute Gasteiger partial charge is 0.226 e. The van der Waals surface area contributed by atoms with E-state index >= 15 is 0 Å². The number of ether oxygens (including phenoxy) is 1. The lowest BCUT2D eigenvalue weighted by Gasteiger charge is -2.34. The Morgan fingerprint density at radius 3 is 2.68 bits per heavy atom. The van der Waals surface area contributed by atoms with Gasteiger partial charge in [0, 0.05) is 31.4 Å². The van der Waals surface area contributed by atoms with Crippen molar-refractivity contribution in [1.29, 1.82) is 0 Å². The van der Waals surface area contributed by atoms with Crippen LogP contribution < -0.4 is 0 Å². The van der Waals surface area contributed by atoms with E-state index in [1.54, 1.807) is 6.20 Å². The fourth-order valence-corrected chi connectivity index (χ4v) is 3.96. The molecule has 0 N–H and O–H groups in total. The lowest BCUT2D eigenvalue weighted by Crippen LogP contribution is -2.45. The fraction of sp³-hybridized carbons (Fsp3) is 0.429. The van der Waals surface area contributed by atoms with Crippen LogP contribution in [0.1, 0.15) is 29.5 Å². The highest BCUT2D eigenvalue weighted by Crippen LogP contribution is 2.29. The van der Waals surface area contributed by atoms with Gasteiger partial charge in [-0.3, -0.25) is 9.78 Å². The summed E-state index contributed by atoms with van der Waals surface area (Å²) in [4.78, 5) is 19.1. The maximum atomic E-state index is 12.9. The quantitative estimate of drug-likeness (QED) is 0.862. The predicted octanol–water partition coefficient (Wildman–Crippen LogP) is 3.00. The second kappa shape index (κ2) is 7.36. The third-order valence-electron chi connectivity index (χ3n) is 5.30. The molecule has 2 aromatic rings. The fourth-order valence-electron chi connectivity index (χ4n) is 3.96. The molecular weight excluding hydrogens is 312 g/mol. The van der Waals surface area contributed by atoms with E-state index in [-0.39, 0.29) is 12.0 Å². The molecule has 25 heavy (non-hydrogen) atoms. The number of hydrogen-bond acceptors (Lipinski definition) is 3. The van der Waals surface area contributed by atoms with Crippen LogP contribution in [0.25, 0.3) is 0 Å². The van der Waals surface area contributed by atoms with E-state index in [4.69, 9.17) is 4.74 Å². The number of aromatic nitrogens is 1. The van der Waals surface area contributed by atoms with E-state index in [1.165, 1.54) is 11.1 Å². The average Bonchev–Trinajstić information content (AvgIpc) is 3.11. The van der Waals surface area contributed by atoms with Crippen LogP contribution in [-0.4, -0.2) is 35.0 Å². The van der Waals surface area contributed by atoms with Crippen molar-refractivity contribution in [2.75, 3.05) is 13.1 Å². The highest BCUT2D eigenvalue weighted by molar-refractivity contribution is 5.80. The molecule has 4 nitrogen and oxygen atoms in total. The minimum atomic E-state index is 0.106. The summed E-state index contributed by atoms with van der Waals surface area (Å²) in [5.41, 5.74) is 3.75. The van der Waals surface area contributed by atoms with Crippen molar-refractivity contribution >= 4 is 5.91 Å². The zero-order chi connectivity index (χ0) is 17.1. The summed E-state index contributed by atoms with van der Waals surface area (Å²) in [6.07, 6.45) is 7.53. The topological polar surface area (TPSA) is 42.4 Å². The SMILES string of the molecule is O=C(C1Cc2ccccc2C1)N1CCCC(OCc2cccnc2)C1. The van der Waals surface area contributed by atoms with Crippen LogP contribution in [0.3, 0.4) is 0 Å². The first kappa shape index (κ1) is 16.3. The Bertz CT molecular complexity index is 707. The Kier molecular flexibility index (Phi) is 4.79. The van der Waals surface area contributed by atoms with Gasteiger partial charge in [-0.25, -0.2) is 0 Å². The van der Waals surface area contributed by atoms with Crippen LogP contribution in [0.2, 0.25) is 0 Å². The summed E-state index contributed by atoms with van der Waals surface area (Å²) in [7, 11) is 0. The van der Waals surface area contributed by atoms with E-state index in [1.807, 2.05) is 23.2 Å². The number of fused-ring (bicyclic) bond motifs is 1. The summed E-state index contributed by atoms with van der Waals surface area (Å²) >= 11 is 0. The minimum absolute atomic E-state index is 0.106. The van der Waals surface area contributed by atoms with Gasteiger partial charge in [0.15, 0.2) is 0 Å². The summed E-state index contributed by atoms with van der Waals surface area (Å²) in [5.74, 6) is 0.403. The summed E-state index contributed by atoms with van der Waals surface area (Å²) in [6.45, 7) is 2.14. The van der Waals surface area contributed by atoms with E-state index in [0.717, 1.165) is 37.8 Å². The first-order chi connectivity index (χ1) is 12.3. The van der Waals surface area contributed by atoms with Gasteiger partial charge in [0.2, 0.25) is 5.91 Å². The largest absolute Gasteiger partial charge is 0.372 e. The molecule has 1 amide bonds. The Morgan fingerprint density at radius 1 is 1.16 bits per heavy atom. The molecule has 0 saturated carbocycles. The van der Waals surface area contributed by atoms with Crippen molar-refractivity contribution in [1.82, 2.24) is 9.88 Å². The van der Waals surface area contributed by atoms with Gasteiger partial charge in [-0.05, 0) is 48.4 Å². The molecule has 0 radical (unpaired) electrons. The number of rotatable bonds is 4. The van der Waals surface area contributed by atoms with Crippen molar-refractivity contribution in [3.05, 3.63) is 65.5 Å². The number of benzene rings is 1. The Morgan fingerprint density at radius 2 is 1.96 bits per heavy atom. The molecule has 2 heterocycles. The van der Waals surface area contributed by atoms with Crippen LogP contribution in [0.15, 0.2) is 48.8 Å². The van der Waals surface area contributed by atoms with E-state index in [0.29, 0.717) is 19.1 Å². The normalized spacial score (nSPS) is 20.5. The second-order valence-corrected chi connectivity index (χ2v) is 7.09. The van der Waals surface area contributed by atoms with E-state index in [9.17, 15) is 4.79 Å². The molecule has 1 aliphatic carbocycles. The zero-order valence-electron chi connectivity index (χ0n) is 14.4. The molecule has 1 unspecified atom stereocenters. The zero-order valence-corrected chi connectivity index (χ0v) is 14.4. The molecular formula is C21H24N2O2. The molecule has 0 bridgehead atoms. The Hall–Kier alpha value is -2.20. The molecule has 4 heteroatoms. The number of likely N-dealkylation sites (tertiary alicyclic amines) is 1. The number of pyridine rings is 1. The van der Waals surface area contributed by atoms with Gasteiger partial charge in [-0.15, -0.1) is 0 Å². The van der Waals surface area contributed by atoms with Crippen molar-refractivity contribution in [2.24, 2.45) is 5.92 Å². The maximum Gasteiger partial charge on any atom is 0.226 e. The molecule has 1 atom stereocenters. The summed E-state index contributed by atoms with van der Waals surface area (Å²) in [5, 5.41) is 0. The first-order valence-electron chi connectivity index (χ1n) is 9.15. The van der Waals surface area contributed by atoms with Gasteiger partial charge in [-0.1, -0.05) is 30.3 Å². The predicted molar refractivity (Wildman–Crippen MR) is 96.0 cm³/mol. The maximum absolute atomic E-state index is 12.9. The second-order valence-electron chi connectivity index (χ2n) is 7.09. The minimum Gasteiger partial charge on any atom is -0.372 e. The molecule has 1 saturated heterocycles. The molecule has 130 valence electrons. The van der Waals surface area contributed by atoms with Gasteiger partial charge in [0.25, 0.3) is 0 Å². The lowest BCUT2D eigenvalue weighted by molar-refractivity contribution is -0.139. The van der Waals surface area contributed by atoms with Crippen molar-refractivity contribution in [3.8, 4) is 0 Å². The van der Waals surface area contributed by atoms with E-state index < -0.39 is 0 Å². The van der Waals surface area contributed by atoms with Crippen LogP contribution in [-0.2, 0) is 29.0 Å². The number of carbonyl (C=O) groups excluding carboxylic acids is 1. The first-order valence-corrected chi connectivity index (χ1v) is 9.15. The van der Waals surface area contributed by atoms with Gasteiger partial charge in [0.05, 0.1) is 12.7 Å². The van der Waals surface area contributed by atoms with Gasteiger partial charge < -0.3 is 9.64 Å². The standard InChI is InChI=1S/C21H24N2O2/c24-21(19-11-17-6-1-2-7-18(17)12-19)23-10-4-8-20(14-23)25-15-16-5-3-9-22-13-16/h1-3,5-7,9,13,19-20H,4,8,10-12,14-15H2. The van der Waals surface area contributed by atoms with Crippen molar-refractivity contribution in [2.45, 2.75) is 38.4 Å². The average molecular weight is 336 g/mol. The highest BCUT2D eigenvalue weighted by atomic mass is 16.5. The third kappa shape index (κ3) is 3.74. The number of nitrogens with zero attached hydrogens (tertiary/aromatic N) is 2. The molecule has 1 aromatic heterocycles. The van der Waals surface area contributed by atoms with E-state index in [2.05, 4.69) is 29.2 Å². The number of hydrogen-bond donors (Lipinski definition) is 0. The summed E-state index contributed by atoms with van der Waals surface area (Å²) < 4.78 is 6.04. The highest BCUT2D eigenvalue weighted by Gasteiger charge is 2.33. The molecule has 0 spiro atoms. The van der Waals surface area contributed by atoms with Crippen LogP contribution in [0.5, 0.6) is 0 Å². The molecule has 1 aliphatic heterocycles. The summed E-state index contributed by atoms with van der Waals surface area (Å²) in [6, 6.07) is 12.4. The van der Waals surface area contributed by atoms with Gasteiger partial charge >= 0.3 is 0 Å². The Labute approximate surface area is 148 Å². The number of piperidine rings is 1. The Balaban J connectivity index is 1.33. The van der Waals surface area contributed by atoms with Crippen molar-refractivity contribution in [3.63, 3.8) is 0 Å². The monoisotopic (exact) mass is 336 g/mol. The molecule has 1 fully saturated rings. The van der Waals surface area contributed by atoms with Crippen molar-refractivity contribution < 1.29 is 9.53 Å².